The van der Waals surface area contributed by atoms with Crippen LogP contribution in [0.4, 0.5) is 0 Å². The first-order chi connectivity index (χ1) is 9.65. The number of likely N-dealkylation sites (tertiary alicyclic amines) is 1. The summed E-state index contributed by atoms with van der Waals surface area (Å²) in [6, 6.07) is 0. The van der Waals surface area contributed by atoms with Gasteiger partial charge in [0.25, 0.3) is 5.91 Å². The molecule has 1 aliphatic heterocycles. The van der Waals surface area contributed by atoms with Gasteiger partial charge in [0.05, 0.1) is 11.3 Å². The zero-order valence-electron chi connectivity index (χ0n) is 12.6. The van der Waals surface area contributed by atoms with Crippen LogP contribution in [0, 0.1) is 5.92 Å². The van der Waals surface area contributed by atoms with Crippen molar-refractivity contribution in [1.29, 1.82) is 0 Å². The lowest BCUT2D eigenvalue weighted by Gasteiger charge is -2.22. The quantitative estimate of drug-likeness (QED) is 0.832. The maximum absolute atomic E-state index is 12.7. The molecule has 4 heteroatoms. The molecule has 1 unspecified atom stereocenters. The van der Waals surface area contributed by atoms with Crippen molar-refractivity contribution in [1.82, 2.24) is 14.7 Å². The molecule has 1 saturated carbocycles. The minimum Gasteiger partial charge on any atom is -0.338 e. The Labute approximate surface area is 121 Å². The molecule has 1 amide bonds. The van der Waals surface area contributed by atoms with Gasteiger partial charge in [0.15, 0.2) is 0 Å². The monoisotopic (exact) mass is 275 g/mol. The van der Waals surface area contributed by atoms with E-state index in [1.54, 1.807) is 0 Å². The lowest BCUT2D eigenvalue weighted by atomic mass is 9.85. The van der Waals surface area contributed by atoms with Crippen LogP contribution in [-0.4, -0.2) is 33.7 Å². The zero-order chi connectivity index (χ0) is 14.1. The maximum atomic E-state index is 12.7. The van der Waals surface area contributed by atoms with Gasteiger partial charge in [-0.1, -0.05) is 26.2 Å². The molecule has 1 aliphatic carbocycles. The highest BCUT2D eigenvalue weighted by Crippen LogP contribution is 2.34. The van der Waals surface area contributed by atoms with Gasteiger partial charge >= 0.3 is 0 Å². The summed E-state index contributed by atoms with van der Waals surface area (Å²) in [6.45, 7) is 4.02. The van der Waals surface area contributed by atoms with Gasteiger partial charge in [-0.15, -0.1) is 0 Å². The SMILES string of the molecule is CC1CCN(C(=O)c2cn(C)nc2C2CCCCC2)C1. The fraction of sp³-hybridized carbons (Fsp3) is 0.750. The van der Waals surface area contributed by atoms with E-state index in [0.717, 1.165) is 30.8 Å². The third kappa shape index (κ3) is 2.60. The van der Waals surface area contributed by atoms with Gasteiger partial charge in [0, 0.05) is 32.3 Å². The number of hydrogen-bond acceptors (Lipinski definition) is 2. The van der Waals surface area contributed by atoms with Crippen LogP contribution in [0.15, 0.2) is 6.20 Å². The summed E-state index contributed by atoms with van der Waals surface area (Å²) in [4.78, 5) is 14.7. The van der Waals surface area contributed by atoms with E-state index in [2.05, 4.69) is 12.0 Å². The molecule has 0 aromatic carbocycles. The molecule has 1 atom stereocenters. The van der Waals surface area contributed by atoms with E-state index in [9.17, 15) is 4.79 Å². The minimum absolute atomic E-state index is 0.197. The van der Waals surface area contributed by atoms with Crippen molar-refractivity contribution < 1.29 is 4.79 Å². The van der Waals surface area contributed by atoms with Crippen LogP contribution in [-0.2, 0) is 7.05 Å². The average Bonchev–Trinajstić information content (AvgIpc) is 3.05. The smallest absolute Gasteiger partial charge is 0.257 e. The Morgan fingerprint density at radius 3 is 2.65 bits per heavy atom. The molecule has 4 nitrogen and oxygen atoms in total. The van der Waals surface area contributed by atoms with Gasteiger partial charge < -0.3 is 4.90 Å². The molecule has 1 saturated heterocycles. The van der Waals surface area contributed by atoms with Gasteiger partial charge in [0.2, 0.25) is 0 Å². The lowest BCUT2D eigenvalue weighted by molar-refractivity contribution is 0.0786. The third-order valence-corrected chi connectivity index (χ3v) is 4.79. The number of rotatable bonds is 2. The molecular weight excluding hydrogens is 250 g/mol. The Bertz CT molecular complexity index is 488. The van der Waals surface area contributed by atoms with Gasteiger partial charge in [0.1, 0.15) is 0 Å². The van der Waals surface area contributed by atoms with Crippen LogP contribution in [0.5, 0.6) is 0 Å². The molecule has 3 rings (SSSR count). The second-order valence-corrected chi connectivity index (χ2v) is 6.58. The summed E-state index contributed by atoms with van der Waals surface area (Å²) in [6.07, 6.45) is 9.31. The number of carbonyl (C=O) groups excluding carboxylic acids is 1. The molecule has 20 heavy (non-hydrogen) atoms. The number of hydrogen-bond donors (Lipinski definition) is 0. The molecule has 0 bridgehead atoms. The van der Waals surface area contributed by atoms with Gasteiger partial charge in [-0.2, -0.15) is 5.10 Å². The van der Waals surface area contributed by atoms with E-state index < -0.39 is 0 Å². The minimum atomic E-state index is 0.197. The Morgan fingerprint density at radius 2 is 2.00 bits per heavy atom. The lowest BCUT2D eigenvalue weighted by Crippen LogP contribution is -2.29. The normalized spacial score (nSPS) is 24.3. The molecule has 2 fully saturated rings. The molecule has 2 aliphatic rings. The van der Waals surface area contributed by atoms with Crippen LogP contribution >= 0.6 is 0 Å². The van der Waals surface area contributed by atoms with Gasteiger partial charge in [-0.25, -0.2) is 0 Å². The van der Waals surface area contributed by atoms with Crippen molar-refractivity contribution in [3.8, 4) is 0 Å². The molecular formula is C16H25N3O. The summed E-state index contributed by atoms with van der Waals surface area (Å²) >= 11 is 0. The largest absolute Gasteiger partial charge is 0.338 e. The third-order valence-electron chi connectivity index (χ3n) is 4.79. The van der Waals surface area contributed by atoms with Gasteiger partial charge in [-0.3, -0.25) is 9.48 Å². The maximum Gasteiger partial charge on any atom is 0.257 e. The molecule has 1 aromatic rings. The number of nitrogens with zero attached hydrogens (tertiary/aromatic N) is 3. The molecule has 0 spiro atoms. The Balaban J connectivity index is 1.83. The van der Waals surface area contributed by atoms with Crippen LogP contribution in [0.1, 0.15) is 67.4 Å². The van der Waals surface area contributed by atoms with E-state index >= 15 is 0 Å². The topological polar surface area (TPSA) is 38.1 Å². The standard InChI is InChI=1S/C16H25N3O/c1-12-8-9-19(10-12)16(20)14-11-18(2)17-15(14)13-6-4-3-5-7-13/h11-13H,3-10H2,1-2H3. The fourth-order valence-electron chi connectivity index (χ4n) is 3.64. The number of aryl methyl sites for hydroxylation is 1. The highest BCUT2D eigenvalue weighted by molar-refractivity contribution is 5.95. The molecule has 1 aromatic heterocycles. The van der Waals surface area contributed by atoms with Gasteiger partial charge in [-0.05, 0) is 25.2 Å². The zero-order valence-corrected chi connectivity index (χ0v) is 12.6. The van der Waals surface area contributed by atoms with Crippen LogP contribution < -0.4 is 0 Å². The first kappa shape index (κ1) is 13.7. The van der Waals surface area contributed by atoms with E-state index in [-0.39, 0.29) is 5.91 Å². The van der Waals surface area contributed by atoms with Crippen molar-refractivity contribution in [2.45, 2.75) is 51.4 Å². The highest BCUT2D eigenvalue weighted by Gasteiger charge is 2.30. The van der Waals surface area contributed by atoms with Crippen LogP contribution in [0.2, 0.25) is 0 Å². The Morgan fingerprint density at radius 1 is 1.25 bits per heavy atom. The summed E-state index contributed by atoms with van der Waals surface area (Å²) in [5.74, 6) is 1.32. The summed E-state index contributed by atoms with van der Waals surface area (Å²) in [5.41, 5.74) is 1.91. The predicted octanol–water partition coefficient (Wildman–Crippen LogP) is 2.95. The Kier molecular flexibility index (Phi) is 3.81. The summed E-state index contributed by atoms with van der Waals surface area (Å²) < 4.78 is 1.82. The number of amides is 1. The summed E-state index contributed by atoms with van der Waals surface area (Å²) in [5, 5.41) is 4.61. The van der Waals surface area contributed by atoms with E-state index in [1.165, 1.54) is 32.1 Å². The number of carbonyl (C=O) groups is 1. The van der Waals surface area contributed by atoms with Crippen LogP contribution in [0.3, 0.4) is 0 Å². The summed E-state index contributed by atoms with van der Waals surface area (Å²) in [7, 11) is 1.93. The Hall–Kier alpha value is -1.32. The predicted molar refractivity (Wildman–Crippen MR) is 78.7 cm³/mol. The van der Waals surface area contributed by atoms with E-state index in [0.29, 0.717) is 11.8 Å². The van der Waals surface area contributed by atoms with Crippen molar-refractivity contribution in [3.05, 3.63) is 17.5 Å². The van der Waals surface area contributed by atoms with E-state index in [1.807, 2.05) is 22.8 Å². The molecule has 0 radical (unpaired) electrons. The molecule has 0 N–H and O–H groups in total. The van der Waals surface area contributed by atoms with Crippen LogP contribution in [0.25, 0.3) is 0 Å². The second-order valence-electron chi connectivity index (χ2n) is 6.58. The van der Waals surface area contributed by atoms with Crippen molar-refractivity contribution in [3.63, 3.8) is 0 Å². The molecule has 110 valence electrons. The fourth-order valence-corrected chi connectivity index (χ4v) is 3.64. The van der Waals surface area contributed by atoms with Crippen molar-refractivity contribution in [2.75, 3.05) is 13.1 Å². The average molecular weight is 275 g/mol. The molecule has 2 heterocycles. The number of aromatic nitrogens is 2. The first-order valence-electron chi connectivity index (χ1n) is 7.98. The highest BCUT2D eigenvalue weighted by atomic mass is 16.2. The van der Waals surface area contributed by atoms with E-state index in [4.69, 9.17) is 0 Å². The van der Waals surface area contributed by atoms with Crippen molar-refractivity contribution in [2.24, 2.45) is 13.0 Å². The first-order valence-corrected chi connectivity index (χ1v) is 7.98. The second kappa shape index (κ2) is 5.58. The van der Waals surface area contributed by atoms with Crippen molar-refractivity contribution >= 4 is 5.91 Å².